The van der Waals surface area contributed by atoms with Crippen molar-refractivity contribution in [3.63, 3.8) is 0 Å². The molecule has 0 aromatic heterocycles. The Bertz CT molecular complexity index is 1090. The highest BCUT2D eigenvalue weighted by molar-refractivity contribution is 6.14. The van der Waals surface area contributed by atoms with Crippen LogP contribution in [-0.4, -0.2) is 54.2 Å². The Balaban J connectivity index is 1.23. The number of piperazine rings is 1. The largest absolute Gasteiger partial charge is 0.484 e. The van der Waals surface area contributed by atoms with Gasteiger partial charge in [0.2, 0.25) is 0 Å². The summed E-state index contributed by atoms with van der Waals surface area (Å²) in [6.07, 6.45) is -0.00326. The van der Waals surface area contributed by atoms with Gasteiger partial charge in [-0.25, -0.2) is 0 Å². The van der Waals surface area contributed by atoms with Gasteiger partial charge < -0.3 is 9.64 Å². The molecule has 2 aliphatic rings. The number of hydrogen-bond acceptors (Lipinski definition) is 5. The van der Waals surface area contributed by atoms with Crippen LogP contribution in [0.25, 0.3) is 0 Å². The van der Waals surface area contributed by atoms with Crippen LogP contribution in [0, 0.1) is 0 Å². The molecule has 32 heavy (non-hydrogen) atoms. The summed E-state index contributed by atoms with van der Waals surface area (Å²) in [7, 11) is 0. The first-order valence-corrected chi connectivity index (χ1v) is 11.0. The molecule has 1 saturated heterocycles. The third-order valence-electron chi connectivity index (χ3n) is 5.99. The van der Waals surface area contributed by atoms with Gasteiger partial charge in [-0.3, -0.25) is 15.1 Å². The molecule has 1 amide bonds. The first kappa shape index (κ1) is 20.3. The molecule has 6 nitrogen and oxygen atoms in total. The predicted molar refractivity (Wildman–Crippen MR) is 124 cm³/mol. The Morgan fingerprint density at radius 2 is 1.53 bits per heavy atom. The first-order chi connectivity index (χ1) is 15.8. The highest BCUT2D eigenvalue weighted by atomic mass is 16.5. The van der Waals surface area contributed by atoms with Crippen molar-refractivity contribution in [1.82, 2.24) is 15.2 Å². The third-order valence-corrected chi connectivity index (χ3v) is 5.99. The molecule has 0 spiro atoms. The van der Waals surface area contributed by atoms with E-state index in [2.05, 4.69) is 46.7 Å². The van der Waals surface area contributed by atoms with Gasteiger partial charge in [-0.2, -0.15) is 5.10 Å². The molecule has 1 unspecified atom stereocenters. The lowest BCUT2D eigenvalue weighted by Gasteiger charge is -2.40. The molecule has 1 atom stereocenters. The third kappa shape index (κ3) is 4.22. The van der Waals surface area contributed by atoms with E-state index < -0.39 is 0 Å². The van der Waals surface area contributed by atoms with Gasteiger partial charge in [0.15, 0.2) is 6.61 Å². The number of hydrogen-bond donors (Lipinski definition) is 1. The number of benzene rings is 3. The molecule has 2 heterocycles. The summed E-state index contributed by atoms with van der Waals surface area (Å²) in [6.45, 7) is 2.97. The zero-order chi connectivity index (χ0) is 21.8. The number of nitrogens with zero attached hydrogens (tertiary/aromatic N) is 3. The summed E-state index contributed by atoms with van der Waals surface area (Å²) < 4.78 is 5.63. The average molecular weight is 427 g/mol. The molecule has 0 saturated carbocycles. The molecule has 1 fully saturated rings. The van der Waals surface area contributed by atoms with E-state index in [9.17, 15) is 4.79 Å². The van der Waals surface area contributed by atoms with Crippen molar-refractivity contribution in [2.45, 2.75) is 6.17 Å². The molecule has 6 heteroatoms. The number of rotatable bonds is 5. The average Bonchev–Trinajstić information content (AvgIpc) is 2.88. The van der Waals surface area contributed by atoms with Crippen LogP contribution in [0.5, 0.6) is 5.75 Å². The van der Waals surface area contributed by atoms with E-state index in [0.29, 0.717) is 13.1 Å². The van der Waals surface area contributed by atoms with Gasteiger partial charge in [-0.05, 0) is 17.7 Å². The van der Waals surface area contributed by atoms with E-state index in [4.69, 9.17) is 9.84 Å². The summed E-state index contributed by atoms with van der Waals surface area (Å²) in [4.78, 5) is 16.8. The predicted octanol–water partition coefficient (Wildman–Crippen LogP) is 3.26. The molecular weight excluding hydrogens is 400 g/mol. The maximum atomic E-state index is 12.6. The van der Waals surface area contributed by atoms with Crippen LogP contribution < -0.4 is 10.2 Å². The first-order valence-electron chi connectivity index (χ1n) is 11.0. The molecule has 0 radical (unpaired) electrons. The lowest BCUT2D eigenvalue weighted by atomic mass is 9.94. The normalized spacial score (nSPS) is 18.3. The van der Waals surface area contributed by atoms with Crippen LogP contribution in [0.1, 0.15) is 22.9 Å². The van der Waals surface area contributed by atoms with E-state index in [-0.39, 0.29) is 18.7 Å². The van der Waals surface area contributed by atoms with Gasteiger partial charge in [-0.15, -0.1) is 0 Å². The van der Waals surface area contributed by atoms with Gasteiger partial charge in [0, 0.05) is 37.3 Å². The van der Waals surface area contributed by atoms with Gasteiger partial charge in [0.25, 0.3) is 5.91 Å². The second kappa shape index (κ2) is 9.24. The van der Waals surface area contributed by atoms with Gasteiger partial charge in [0.05, 0.1) is 5.71 Å². The molecule has 1 N–H and O–H groups in total. The van der Waals surface area contributed by atoms with Crippen molar-refractivity contribution in [3.8, 4) is 5.75 Å². The molecule has 162 valence electrons. The SMILES string of the molecule is O=C(COc1ccccc1)N1CCN(C2NN=C(c3ccccc3)c3ccccc32)CC1. The maximum Gasteiger partial charge on any atom is 0.260 e. The minimum atomic E-state index is -0.00326. The van der Waals surface area contributed by atoms with Gasteiger partial charge >= 0.3 is 0 Å². The minimum Gasteiger partial charge on any atom is -0.484 e. The minimum absolute atomic E-state index is 0.00326. The van der Waals surface area contributed by atoms with E-state index in [0.717, 1.165) is 35.7 Å². The number of carbonyl (C=O) groups excluding carboxylic acids is 1. The zero-order valence-electron chi connectivity index (χ0n) is 17.9. The molecule has 0 bridgehead atoms. The summed E-state index contributed by atoms with van der Waals surface area (Å²) in [6, 6.07) is 28.1. The van der Waals surface area contributed by atoms with E-state index in [1.54, 1.807) is 0 Å². The van der Waals surface area contributed by atoms with Crippen molar-refractivity contribution in [3.05, 3.63) is 102 Å². The number of ether oxygens (including phenoxy) is 1. The molecule has 5 rings (SSSR count). The number of carbonyl (C=O) groups is 1. The molecule has 2 aliphatic heterocycles. The van der Waals surface area contributed by atoms with Gasteiger partial charge in [-0.1, -0.05) is 72.8 Å². The molecule has 3 aromatic rings. The van der Waals surface area contributed by atoms with E-state index >= 15 is 0 Å². The lowest BCUT2D eigenvalue weighted by molar-refractivity contribution is -0.135. The Morgan fingerprint density at radius 3 is 2.28 bits per heavy atom. The van der Waals surface area contributed by atoms with Crippen LogP contribution in [0.15, 0.2) is 90.0 Å². The van der Waals surface area contributed by atoms with Crippen molar-refractivity contribution in [2.75, 3.05) is 32.8 Å². The molecule has 0 aliphatic carbocycles. The van der Waals surface area contributed by atoms with Gasteiger partial charge in [0.1, 0.15) is 11.9 Å². The Kier molecular flexibility index (Phi) is 5.85. The van der Waals surface area contributed by atoms with Crippen molar-refractivity contribution < 1.29 is 9.53 Å². The topological polar surface area (TPSA) is 57.2 Å². The fraction of sp³-hybridized carbons (Fsp3) is 0.231. The fourth-order valence-electron chi connectivity index (χ4n) is 4.28. The number of amides is 1. The standard InChI is InChI=1S/C26H26N4O2/c31-24(19-32-21-11-5-2-6-12-21)29-15-17-30(18-16-29)26-23-14-8-7-13-22(23)25(27-28-26)20-9-3-1-4-10-20/h1-14,26,28H,15-19H2. The second-order valence-corrected chi connectivity index (χ2v) is 7.96. The molecular formula is C26H26N4O2. The van der Waals surface area contributed by atoms with Crippen molar-refractivity contribution in [2.24, 2.45) is 5.10 Å². The maximum absolute atomic E-state index is 12.6. The summed E-state index contributed by atoms with van der Waals surface area (Å²) >= 11 is 0. The molecule has 3 aromatic carbocycles. The Hall–Kier alpha value is -3.64. The lowest BCUT2D eigenvalue weighted by Crippen LogP contribution is -2.53. The fourth-order valence-corrected chi connectivity index (χ4v) is 4.28. The summed E-state index contributed by atoms with van der Waals surface area (Å²) in [5.74, 6) is 0.740. The Morgan fingerprint density at radius 1 is 0.875 bits per heavy atom. The highest BCUT2D eigenvalue weighted by Gasteiger charge is 2.31. The Labute approximate surface area is 188 Å². The van der Waals surface area contributed by atoms with Crippen LogP contribution in [0.4, 0.5) is 0 Å². The monoisotopic (exact) mass is 426 g/mol. The van der Waals surface area contributed by atoms with E-state index in [1.807, 2.05) is 53.4 Å². The second-order valence-electron chi connectivity index (χ2n) is 7.96. The quantitative estimate of drug-likeness (QED) is 0.681. The summed E-state index contributed by atoms with van der Waals surface area (Å²) in [5.41, 5.74) is 7.80. The number of para-hydroxylation sites is 1. The zero-order valence-corrected chi connectivity index (χ0v) is 17.9. The van der Waals surface area contributed by atoms with Crippen LogP contribution >= 0.6 is 0 Å². The van der Waals surface area contributed by atoms with Crippen LogP contribution in [0.3, 0.4) is 0 Å². The van der Waals surface area contributed by atoms with Crippen molar-refractivity contribution >= 4 is 11.6 Å². The van der Waals surface area contributed by atoms with Crippen LogP contribution in [-0.2, 0) is 4.79 Å². The number of nitrogens with one attached hydrogen (secondary N) is 1. The van der Waals surface area contributed by atoms with Crippen LogP contribution in [0.2, 0.25) is 0 Å². The highest BCUT2D eigenvalue weighted by Crippen LogP contribution is 2.28. The number of hydrazone groups is 1. The number of fused-ring (bicyclic) bond motifs is 1. The summed E-state index contributed by atoms with van der Waals surface area (Å²) in [5, 5.41) is 4.74. The van der Waals surface area contributed by atoms with Crippen molar-refractivity contribution in [1.29, 1.82) is 0 Å². The smallest absolute Gasteiger partial charge is 0.260 e. The van der Waals surface area contributed by atoms with E-state index in [1.165, 1.54) is 5.56 Å².